The van der Waals surface area contributed by atoms with Gasteiger partial charge in [0, 0.05) is 17.2 Å². The van der Waals surface area contributed by atoms with Crippen LogP contribution in [0.25, 0.3) is 0 Å². The molecule has 0 saturated carbocycles. The maximum Gasteiger partial charge on any atom is 0.201 e. The topological polar surface area (TPSA) is 83.8 Å². The monoisotopic (exact) mass is 715 g/mol. The van der Waals surface area contributed by atoms with Crippen LogP contribution >= 0.6 is 0 Å². The van der Waals surface area contributed by atoms with E-state index in [1.54, 1.807) is 19.1 Å². The summed E-state index contributed by atoms with van der Waals surface area (Å²) in [5.41, 5.74) is 0.855. The summed E-state index contributed by atoms with van der Waals surface area (Å²) in [6.07, 6.45) is 23.4. The van der Waals surface area contributed by atoms with E-state index in [-0.39, 0.29) is 56.5 Å². The molecule has 47 heavy (non-hydrogen) atoms. The SMILES string of the molecule is CCCCCCCCCC[N+](C)(CCCCCCCCCC)CCCCOc1cc(O)c2c(c1)C(=O)c1cc(C)cc(O)c1C2=O.[Br-]. The van der Waals surface area contributed by atoms with E-state index in [9.17, 15) is 19.8 Å². The average molecular weight is 717 g/mol. The minimum absolute atomic E-state index is 0. The number of hydrogen-bond donors (Lipinski definition) is 2. The Morgan fingerprint density at radius 3 is 1.51 bits per heavy atom. The Labute approximate surface area is 295 Å². The van der Waals surface area contributed by atoms with Gasteiger partial charge in [0.25, 0.3) is 0 Å². The van der Waals surface area contributed by atoms with Gasteiger partial charge < -0.3 is 36.4 Å². The summed E-state index contributed by atoms with van der Waals surface area (Å²) in [6, 6.07) is 6.03. The van der Waals surface area contributed by atoms with Gasteiger partial charge in [0.05, 0.1) is 44.4 Å². The Kier molecular flexibility index (Phi) is 18.7. The number of ketones is 2. The molecule has 3 rings (SSSR count). The molecule has 7 heteroatoms. The largest absolute Gasteiger partial charge is 1.00 e. The number of phenolic OH excluding ortho intramolecular Hbond substituents is 2. The van der Waals surface area contributed by atoms with E-state index in [4.69, 9.17) is 4.74 Å². The zero-order valence-corrected chi connectivity index (χ0v) is 31.4. The molecule has 0 amide bonds. The predicted molar refractivity (Wildman–Crippen MR) is 189 cm³/mol. The van der Waals surface area contributed by atoms with Crippen LogP contribution in [0.4, 0.5) is 0 Å². The third-order valence-corrected chi connectivity index (χ3v) is 9.76. The lowest BCUT2D eigenvalue weighted by Crippen LogP contribution is -3.00. The Hall–Kier alpha value is -2.38. The molecule has 0 heterocycles. The fourth-order valence-corrected chi connectivity index (χ4v) is 6.93. The highest BCUT2D eigenvalue weighted by Crippen LogP contribution is 2.39. The van der Waals surface area contributed by atoms with Gasteiger partial charge in [0.1, 0.15) is 17.2 Å². The first-order valence-corrected chi connectivity index (χ1v) is 18.5. The average Bonchev–Trinajstić information content (AvgIpc) is 3.01. The van der Waals surface area contributed by atoms with Crippen molar-refractivity contribution < 1.29 is 46.0 Å². The maximum atomic E-state index is 13.3. The van der Waals surface area contributed by atoms with Crippen molar-refractivity contribution in [2.45, 2.75) is 136 Å². The second kappa shape index (κ2) is 21.6. The molecular weight excluding hydrogens is 654 g/mol. The molecule has 0 bridgehead atoms. The van der Waals surface area contributed by atoms with Crippen molar-refractivity contribution in [2.75, 3.05) is 33.3 Å². The van der Waals surface area contributed by atoms with Crippen molar-refractivity contribution in [3.63, 3.8) is 0 Å². The highest BCUT2D eigenvalue weighted by atomic mass is 79.9. The lowest BCUT2D eigenvalue weighted by atomic mass is 9.82. The Morgan fingerprint density at radius 1 is 0.574 bits per heavy atom. The Balaban J connectivity index is 0.00000768. The molecule has 1 aliphatic carbocycles. The molecule has 0 atom stereocenters. The number of carbonyl (C=O) groups excluding carboxylic acids is 2. The van der Waals surface area contributed by atoms with Crippen LogP contribution in [-0.2, 0) is 0 Å². The molecule has 264 valence electrons. The number of fused-ring (bicyclic) bond motifs is 2. The third kappa shape index (κ3) is 12.9. The molecule has 0 fully saturated rings. The number of aromatic hydroxyl groups is 2. The van der Waals surface area contributed by atoms with Gasteiger partial charge in [-0.1, -0.05) is 90.9 Å². The van der Waals surface area contributed by atoms with E-state index in [1.807, 2.05) is 0 Å². The Bertz CT molecular complexity index is 1240. The second-order valence-electron chi connectivity index (χ2n) is 14.0. The molecule has 0 unspecified atom stereocenters. The summed E-state index contributed by atoms with van der Waals surface area (Å²) in [7, 11) is 2.44. The van der Waals surface area contributed by atoms with Crippen molar-refractivity contribution >= 4 is 11.6 Å². The molecule has 0 aliphatic heterocycles. The standard InChI is InChI=1S/C40H61NO5.BrH/c1-5-7-9-11-13-15-17-19-23-41(4,24-20-18-16-14-12-10-8-6-2)25-21-22-26-46-32-29-34-38(36(43)30-32)40(45)37-33(39(34)44)27-31(3)28-35(37)42;/h27-30H,5-26H2,1-4H3,(H-,42,43,45);1H. The predicted octanol–water partition coefficient (Wildman–Crippen LogP) is 7.07. The van der Waals surface area contributed by atoms with Crippen molar-refractivity contribution in [3.05, 3.63) is 52.1 Å². The van der Waals surface area contributed by atoms with Gasteiger partial charge in [0.15, 0.2) is 5.78 Å². The second-order valence-corrected chi connectivity index (χ2v) is 14.0. The first-order valence-electron chi connectivity index (χ1n) is 18.5. The van der Waals surface area contributed by atoms with Crippen LogP contribution in [0.3, 0.4) is 0 Å². The number of ether oxygens (including phenoxy) is 1. The minimum Gasteiger partial charge on any atom is -1.00 e. The smallest absolute Gasteiger partial charge is 0.201 e. The summed E-state index contributed by atoms with van der Waals surface area (Å²) in [5, 5.41) is 21.1. The highest BCUT2D eigenvalue weighted by Gasteiger charge is 2.35. The molecule has 0 radical (unpaired) electrons. The van der Waals surface area contributed by atoms with Crippen molar-refractivity contribution in [1.82, 2.24) is 0 Å². The van der Waals surface area contributed by atoms with Crippen LogP contribution in [-0.4, -0.2) is 59.6 Å². The lowest BCUT2D eigenvalue weighted by Gasteiger charge is -2.35. The summed E-state index contributed by atoms with van der Waals surface area (Å²) in [4.78, 5) is 26.4. The van der Waals surface area contributed by atoms with Gasteiger partial charge in [0.2, 0.25) is 5.78 Å². The zero-order chi connectivity index (χ0) is 33.4. The number of nitrogens with zero attached hydrogens (tertiary/aromatic N) is 1. The van der Waals surface area contributed by atoms with Crippen LogP contribution in [0.2, 0.25) is 0 Å². The van der Waals surface area contributed by atoms with Crippen molar-refractivity contribution in [2.24, 2.45) is 0 Å². The normalized spacial score (nSPS) is 12.5. The molecule has 2 aromatic carbocycles. The quantitative estimate of drug-likeness (QED) is 0.0766. The highest BCUT2D eigenvalue weighted by molar-refractivity contribution is 6.30. The summed E-state index contributed by atoms with van der Waals surface area (Å²) in [5.74, 6) is -1.09. The number of hydrogen-bond acceptors (Lipinski definition) is 5. The van der Waals surface area contributed by atoms with Crippen LogP contribution in [0.15, 0.2) is 24.3 Å². The van der Waals surface area contributed by atoms with Gasteiger partial charge in [-0.15, -0.1) is 0 Å². The van der Waals surface area contributed by atoms with Crippen LogP contribution < -0.4 is 21.7 Å². The number of aryl methyl sites for hydroxylation is 1. The van der Waals surface area contributed by atoms with E-state index < -0.39 is 5.78 Å². The third-order valence-electron chi connectivity index (χ3n) is 9.76. The van der Waals surface area contributed by atoms with Gasteiger partial charge >= 0.3 is 0 Å². The van der Waals surface area contributed by atoms with Gasteiger partial charge in [-0.05, 0) is 69.2 Å². The number of rotatable bonds is 24. The lowest BCUT2D eigenvalue weighted by molar-refractivity contribution is -0.910. The van der Waals surface area contributed by atoms with Crippen LogP contribution in [0.5, 0.6) is 17.2 Å². The van der Waals surface area contributed by atoms with E-state index in [2.05, 4.69) is 20.9 Å². The number of benzene rings is 2. The van der Waals surface area contributed by atoms with Gasteiger partial charge in [-0.25, -0.2) is 0 Å². The van der Waals surface area contributed by atoms with Crippen LogP contribution in [0, 0.1) is 6.92 Å². The number of carbonyl (C=O) groups is 2. The van der Waals surface area contributed by atoms with Crippen molar-refractivity contribution in [3.8, 4) is 17.2 Å². The van der Waals surface area contributed by atoms with Crippen LogP contribution in [0.1, 0.15) is 167 Å². The molecular formula is C40H62BrNO5. The van der Waals surface area contributed by atoms with Gasteiger partial charge in [-0.2, -0.15) is 0 Å². The van der Waals surface area contributed by atoms with E-state index in [1.165, 1.54) is 128 Å². The fourth-order valence-electron chi connectivity index (χ4n) is 6.93. The molecule has 2 N–H and O–H groups in total. The Morgan fingerprint density at radius 2 is 1.00 bits per heavy atom. The fraction of sp³-hybridized carbons (Fsp3) is 0.650. The zero-order valence-electron chi connectivity index (χ0n) is 29.8. The molecule has 6 nitrogen and oxygen atoms in total. The first-order chi connectivity index (χ1) is 22.2. The van der Waals surface area contributed by atoms with Gasteiger partial charge in [-0.3, -0.25) is 9.59 Å². The number of halogens is 1. The first kappa shape index (κ1) is 40.8. The maximum absolute atomic E-state index is 13.3. The van der Waals surface area contributed by atoms with E-state index >= 15 is 0 Å². The summed E-state index contributed by atoms with van der Waals surface area (Å²) < 4.78 is 7.13. The van der Waals surface area contributed by atoms with Crippen molar-refractivity contribution in [1.29, 1.82) is 0 Å². The number of phenols is 2. The summed E-state index contributed by atoms with van der Waals surface area (Å²) in [6.45, 7) is 10.4. The molecule has 0 aromatic heterocycles. The molecule has 1 aliphatic rings. The number of unbranched alkanes of at least 4 members (excludes halogenated alkanes) is 15. The summed E-state index contributed by atoms with van der Waals surface area (Å²) >= 11 is 0. The molecule has 0 saturated heterocycles. The molecule has 2 aromatic rings. The van der Waals surface area contributed by atoms with E-state index in [0.717, 1.165) is 23.9 Å². The van der Waals surface area contributed by atoms with E-state index in [0.29, 0.717) is 17.9 Å². The molecule has 0 spiro atoms. The number of quaternary nitrogens is 1. The minimum atomic E-state index is -0.545.